The highest BCUT2D eigenvalue weighted by atomic mass is 16.4. The number of Topliss-reactive ketones (excluding diaryl/α,β-unsaturated/α-hetero) is 1. The van der Waals surface area contributed by atoms with Gasteiger partial charge in [0.25, 0.3) is 0 Å². The molecule has 0 amide bonds. The Hall–Kier alpha value is -3.22. The molecule has 13 N–H and O–H groups in total. The van der Waals surface area contributed by atoms with Crippen molar-refractivity contribution in [1.82, 2.24) is 21.3 Å². The number of hydrogen-bond donors (Lipinski definition) is 11. The van der Waals surface area contributed by atoms with Crippen molar-refractivity contribution in [2.75, 3.05) is 39.3 Å². The summed E-state index contributed by atoms with van der Waals surface area (Å²) in [5.74, 6) is -0.206. The second-order valence-corrected chi connectivity index (χ2v) is 15.5. The van der Waals surface area contributed by atoms with Crippen LogP contribution in [0.15, 0.2) is 25.8 Å². The van der Waals surface area contributed by atoms with Crippen molar-refractivity contribution in [2.45, 2.75) is 135 Å². The number of ketones is 1. The normalized spacial score (nSPS) is 15.8. The van der Waals surface area contributed by atoms with Gasteiger partial charge < -0.3 is 58.8 Å². The molecule has 0 aromatic heterocycles. The predicted molar refractivity (Wildman–Crippen MR) is 214 cm³/mol. The van der Waals surface area contributed by atoms with Crippen molar-refractivity contribution < 1.29 is 30.8 Å². The van der Waals surface area contributed by atoms with Crippen molar-refractivity contribution >= 4 is 34.3 Å². The van der Waals surface area contributed by atoms with E-state index in [4.69, 9.17) is 37.5 Å². The first-order valence-corrected chi connectivity index (χ1v) is 17.5. The Balaban J connectivity index is -0.000000326. The molecule has 0 aromatic rings. The van der Waals surface area contributed by atoms with Crippen LogP contribution in [-0.4, -0.2) is 124 Å². The summed E-state index contributed by atoms with van der Waals surface area (Å²) < 4.78 is 0. The van der Waals surface area contributed by atoms with Crippen molar-refractivity contribution in [3.05, 3.63) is 0 Å². The predicted octanol–water partition coefficient (Wildman–Crippen LogP) is 3.69. The molecular weight excluding hydrogens is 670 g/mol. The zero-order valence-electron chi connectivity index (χ0n) is 35.1. The topological polar surface area (TPSA) is 280 Å². The van der Waals surface area contributed by atoms with Crippen LogP contribution < -0.4 is 32.7 Å². The van der Waals surface area contributed by atoms with E-state index >= 15 is 0 Å². The quantitative estimate of drug-likeness (QED) is 0.0513. The molecule has 0 saturated heterocycles. The standard InChI is InChI=1S/2C13H28N4O2.C5H14N2.C4H7NO2/c2*1-9(11(3)16-18)14-7-13(5,6)8-15-10(2)12(4)17-19;1-5(2,3-6)4-7;1-3(5-7)4(2)6/h2*9-10,14-15,18-19H,7-8H2,1-6H3;3-4,6-7H2,1-2H3;7H,1-2H3/b2*16-11+,17-12+;;5-3+/t2*9-,10-;;/m10../s1. The Morgan fingerprint density at radius 1 is 0.481 bits per heavy atom. The summed E-state index contributed by atoms with van der Waals surface area (Å²) in [5.41, 5.74) is 13.7. The first-order chi connectivity index (χ1) is 23.8. The average Bonchev–Trinajstić information content (AvgIpc) is 3.12. The van der Waals surface area contributed by atoms with Gasteiger partial charge >= 0.3 is 0 Å². The maximum atomic E-state index is 10.1. The van der Waals surface area contributed by atoms with Crippen LogP contribution >= 0.6 is 0 Å². The van der Waals surface area contributed by atoms with Gasteiger partial charge in [0.1, 0.15) is 5.71 Å². The van der Waals surface area contributed by atoms with E-state index in [1.165, 1.54) is 13.8 Å². The zero-order valence-corrected chi connectivity index (χ0v) is 35.1. The first-order valence-electron chi connectivity index (χ1n) is 17.5. The first kappa shape index (κ1) is 55.5. The summed E-state index contributed by atoms with van der Waals surface area (Å²) in [6.45, 7) is 34.9. The molecule has 0 radical (unpaired) electrons. The molecule has 0 aromatic carbocycles. The zero-order chi connectivity index (χ0) is 41.9. The molecule has 52 heavy (non-hydrogen) atoms. The number of carbonyl (C=O) groups is 1. The minimum Gasteiger partial charge on any atom is -0.411 e. The molecular formula is C35H77N11O6. The van der Waals surface area contributed by atoms with Gasteiger partial charge in [0.05, 0.1) is 22.8 Å². The Bertz CT molecular complexity index is 993. The van der Waals surface area contributed by atoms with Crippen LogP contribution in [0.25, 0.3) is 0 Å². The third-order valence-corrected chi connectivity index (χ3v) is 8.45. The highest BCUT2D eigenvalue weighted by Crippen LogP contribution is 2.14. The minimum atomic E-state index is -0.206. The van der Waals surface area contributed by atoms with Crippen molar-refractivity contribution in [3.63, 3.8) is 0 Å². The summed E-state index contributed by atoms with van der Waals surface area (Å²) in [6.07, 6.45) is 0. The second kappa shape index (κ2) is 29.3. The van der Waals surface area contributed by atoms with E-state index in [1.54, 1.807) is 27.7 Å². The van der Waals surface area contributed by atoms with E-state index in [9.17, 15) is 4.79 Å². The van der Waals surface area contributed by atoms with Crippen LogP contribution in [0.1, 0.15) is 111 Å². The van der Waals surface area contributed by atoms with Crippen molar-refractivity contribution in [3.8, 4) is 0 Å². The van der Waals surface area contributed by atoms with Gasteiger partial charge in [0.15, 0.2) is 5.78 Å². The van der Waals surface area contributed by atoms with E-state index in [2.05, 4.69) is 74.7 Å². The van der Waals surface area contributed by atoms with Crippen LogP contribution in [0.2, 0.25) is 0 Å². The number of oxime groups is 5. The van der Waals surface area contributed by atoms with Gasteiger partial charge in [-0.05, 0) is 91.6 Å². The molecule has 0 heterocycles. The van der Waals surface area contributed by atoms with Gasteiger partial charge in [-0.15, -0.1) is 0 Å². The fourth-order valence-electron chi connectivity index (χ4n) is 2.93. The monoisotopic (exact) mass is 748 g/mol. The third-order valence-electron chi connectivity index (χ3n) is 8.45. The molecule has 0 saturated carbocycles. The third kappa shape index (κ3) is 30.4. The van der Waals surface area contributed by atoms with Gasteiger partial charge in [-0.2, -0.15) is 0 Å². The summed E-state index contributed by atoms with van der Waals surface area (Å²) in [7, 11) is 0. The smallest absolute Gasteiger partial charge is 0.177 e. The lowest BCUT2D eigenvalue weighted by Gasteiger charge is -2.29. The molecule has 0 aliphatic heterocycles. The lowest BCUT2D eigenvalue weighted by molar-refractivity contribution is -0.111. The van der Waals surface area contributed by atoms with E-state index in [-0.39, 0.29) is 51.9 Å². The van der Waals surface area contributed by atoms with Gasteiger partial charge in [-0.3, -0.25) is 4.79 Å². The molecule has 0 rings (SSSR count). The maximum absolute atomic E-state index is 10.1. The summed E-state index contributed by atoms with van der Waals surface area (Å²) in [5, 5.41) is 71.4. The Kier molecular flexibility index (Phi) is 31.2. The SMILES string of the molecule is C/C(=N\O)[C@@H](C)NCC(C)(C)CN[C@H](C)/C(C)=N/O.C/C(=N\O)[C@H](C)NCC(C)(C)CN[C@@H](C)/C(C)=N/O.CC(=O)/C(C)=N/O.CC(C)(CN)CN. The molecule has 0 aliphatic carbocycles. The fraction of sp³-hybridized carbons (Fsp3) is 0.829. The maximum Gasteiger partial charge on any atom is 0.177 e. The van der Waals surface area contributed by atoms with Crippen LogP contribution in [0.4, 0.5) is 0 Å². The van der Waals surface area contributed by atoms with Crippen molar-refractivity contribution in [1.29, 1.82) is 0 Å². The molecule has 0 spiro atoms. The molecule has 0 unspecified atom stereocenters. The highest BCUT2D eigenvalue weighted by molar-refractivity contribution is 6.37. The van der Waals surface area contributed by atoms with Crippen LogP contribution in [-0.2, 0) is 4.79 Å². The van der Waals surface area contributed by atoms with Crippen LogP contribution in [0.5, 0.6) is 0 Å². The van der Waals surface area contributed by atoms with Gasteiger partial charge in [0, 0.05) is 57.3 Å². The number of nitrogens with zero attached hydrogens (tertiary/aromatic N) is 5. The molecule has 4 atom stereocenters. The average molecular weight is 748 g/mol. The molecule has 0 bridgehead atoms. The number of rotatable bonds is 19. The Morgan fingerprint density at radius 2 is 0.692 bits per heavy atom. The number of nitrogens with two attached hydrogens (primary N) is 2. The van der Waals surface area contributed by atoms with E-state index in [0.717, 1.165) is 26.2 Å². The fourth-order valence-corrected chi connectivity index (χ4v) is 2.93. The minimum absolute atomic E-state index is 0.0357. The molecule has 308 valence electrons. The largest absolute Gasteiger partial charge is 0.411 e. The van der Waals surface area contributed by atoms with Crippen LogP contribution in [0, 0.1) is 16.2 Å². The molecule has 0 aliphatic rings. The number of carbonyl (C=O) groups excluding carboxylic acids is 1. The van der Waals surface area contributed by atoms with E-state index < -0.39 is 0 Å². The molecule has 17 nitrogen and oxygen atoms in total. The molecule has 0 fully saturated rings. The number of hydrogen-bond acceptors (Lipinski definition) is 17. The highest BCUT2D eigenvalue weighted by Gasteiger charge is 2.22. The van der Waals surface area contributed by atoms with E-state index in [1.807, 2.05) is 41.5 Å². The summed E-state index contributed by atoms with van der Waals surface area (Å²) in [6, 6.07) is 0.176. The summed E-state index contributed by atoms with van der Waals surface area (Å²) in [4.78, 5) is 10.1. The second-order valence-electron chi connectivity index (χ2n) is 15.5. The van der Waals surface area contributed by atoms with Gasteiger partial charge in [-0.1, -0.05) is 67.3 Å². The lowest BCUT2D eigenvalue weighted by Crippen LogP contribution is -2.46. The Morgan fingerprint density at radius 3 is 0.788 bits per heavy atom. The van der Waals surface area contributed by atoms with E-state index in [0.29, 0.717) is 35.9 Å². The summed E-state index contributed by atoms with van der Waals surface area (Å²) >= 11 is 0. The van der Waals surface area contributed by atoms with Crippen LogP contribution in [0.3, 0.4) is 0 Å². The van der Waals surface area contributed by atoms with Crippen molar-refractivity contribution in [2.24, 2.45) is 53.5 Å². The lowest BCUT2D eigenvalue weighted by atomic mass is 9.92. The van der Waals surface area contributed by atoms with Gasteiger partial charge in [-0.25, -0.2) is 0 Å². The molecule has 17 heteroatoms. The Labute approximate surface area is 313 Å². The van der Waals surface area contributed by atoms with Gasteiger partial charge in [0.2, 0.25) is 0 Å². The number of nitrogens with one attached hydrogen (secondary N) is 4.